The molecule has 6 heteroatoms. The van der Waals surface area contributed by atoms with E-state index in [1.54, 1.807) is 0 Å². The summed E-state index contributed by atoms with van der Waals surface area (Å²) < 4.78 is 0. The summed E-state index contributed by atoms with van der Waals surface area (Å²) >= 11 is 1.89. The van der Waals surface area contributed by atoms with Crippen LogP contribution in [0.4, 0.5) is 4.79 Å². The molecule has 0 bridgehead atoms. The van der Waals surface area contributed by atoms with Crippen LogP contribution >= 0.6 is 11.8 Å². The van der Waals surface area contributed by atoms with Gasteiger partial charge in [-0.2, -0.15) is 11.8 Å². The Labute approximate surface area is 124 Å². The van der Waals surface area contributed by atoms with Crippen LogP contribution in [0, 0.1) is 5.92 Å². The Morgan fingerprint density at radius 1 is 1.30 bits per heavy atom. The molecule has 0 aromatic carbocycles. The Balaban J connectivity index is 1.87. The summed E-state index contributed by atoms with van der Waals surface area (Å²) in [6.45, 7) is 2.52. The average molecular weight is 300 g/mol. The van der Waals surface area contributed by atoms with Crippen molar-refractivity contribution in [3.63, 3.8) is 0 Å². The molecule has 0 saturated heterocycles. The van der Waals surface area contributed by atoms with Gasteiger partial charge in [-0.15, -0.1) is 0 Å². The van der Waals surface area contributed by atoms with Gasteiger partial charge in [0.2, 0.25) is 0 Å². The number of carbonyl (C=O) groups is 2. The van der Waals surface area contributed by atoms with Crippen LogP contribution in [0.3, 0.4) is 0 Å². The zero-order chi connectivity index (χ0) is 14.5. The van der Waals surface area contributed by atoms with E-state index in [1.807, 2.05) is 11.8 Å². The number of amides is 2. The lowest BCUT2D eigenvalue weighted by atomic mass is 10.2. The number of rotatable bonds is 7. The summed E-state index contributed by atoms with van der Waals surface area (Å²) in [4.78, 5) is 24.6. The van der Waals surface area contributed by atoms with Crippen LogP contribution in [0.15, 0.2) is 0 Å². The Hall–Kier alpha value is -0.910. The lowest BCUT2D eigenvalue weighted by Gasteiger charge is -2.26. The minimum Gasteiger partial charge on any atom is -0.480 e. The molecule has 2 amide bonds. The number of aliphatic carboxylic acids is 1. The van der Waals surface area contributed by atoms with Gasteiger partial charge in [0, 0.05) is 17.8 Å². The average Bonchev–Trinajstić information content (AvgIpc) is 3.10. The molecule has 0 heterocycles. The molecule has 2 fully saturated rings. The van der Waals surface area contributed by atoms with Crippen LogP contribution in [-0.2, 0) is 4.79 Å². The molecule has 2 N–H and O–H groups in total. The van der Waals surface area contributed by atoms with Crippen molar-refractivity contribution in [3.8, 4) is 0 Å². The number of hydrogen-bond donors (Lipinski definition) is 2. The number of hydrogen-bond acceptors (Lipinski definition) is 3. The zero-order valence-electron chi connectivity index (χ0n) is 12.0. The van der Waals surface area contributed by atoms with Gasteiger partial charge < -0.3 is 15.3 Å². The van der Waals surface area contributed by atoms with Crippen molar-refractivity contribution in [2.45, 2.75) is 50.3 Å². The highest BCUT2D eigenvalue weighted by molar-refractivity contribution is 7.99. The Kier molecular flexibility index (Phi) is 5.57. The number of urea groups is 1. The van der Waals surface area contributed by atoms with Gasteiger partial charge in [-0.1, -0.05) is 13.3 Å². The molecule has 2 atom stereocenters. The van der Waals surface area contributed by atoms with Crippen molar-refractivity contribution in [1.29, 1.82) is 0 Å². The number of carboxylic acids is 1. The topological polar surface area (TPSA) is 69.6 Å². The smallest absolute Gasteiger partial charge is 0.323 e. The number of thioether (sulfide) groups is 1. The molecule has 0 aromatic rings. The minimum atomic E-state index is -0.938. The summed E-state index contributed by atoms with van der Waals surface area (Å²) in [6.07, 6.45) is 5.52. The van der Waals surface area contributed by atoms with Crippen molar-refractivity contribution < 1.29 is 14.7 Å². The quantitative estimate of drug-likeness (QED) is 0.756. The number of nitrogens with one attached hydrogen (secondary N) is 1. The third kappa shape index (κ3) is 4.58. The lowest BCUT2D eigenvalue weighted by Crippen LogP contribution is -2.49. The van der Waals surface area contributed by atoms with E-state index in [1.165, 1.54) is 4.90 Å². The summed E-state index contributed by atoms with van der Waals surface area (Å²) in [6, 6.07) is -0.00384. The number of carbonyl (C=O) groups excluding carboxylic acids is 1. The van der Waals surface area contributed by atoms with E-state index < -0.39 is 5.97 Å². The lowest BCUT2D eigenvalue weighted by molar-refractivity contribution is -0.137. The van der Waals surface area contributed by atoms with Crippen LogP contribution in [0.5, 0.6) is 0 Å². The van der Waals surface area contributed by atoms with Gasteiger partial charge in [-0.05, 0) is 37.4 Å². The normalized spacial score (nSPS) is 25.4. The maximum atomic E-state index is 12.3. The van der Waals surface area contributed by atoms with Crippen LogP contribution in [0.25, 0.3) is 0 Å². The van der Waals surface area contributed by atoms with Crippen LogP contribution in [0.2, 0.25) is 0 Å². The SMILES string of the molecule is CCSC1CCCC1NC(=O)N(CC(=O)O)CC1CC1. The van der Waals surface area contributed by atoms with Crippen LogP contribution < -0.4 is 5.32 Å². The maximum absolute atomic E-state index is 12.3. The molecule has 0 spiro atoms. The van der Waals surface area contributed by atoms with Gasteiger partial charge in [0.25, 0.3) is 0 Å². The molecule has 0 aliphatic heterocycles. The predicted molar refractivity (Wildman–Crippen MR) is 80.0 cm³/mol. The fraction of sp³-hybridized carbons (Fsp3) is 0.857. The van der Waals surface area contributed by atoms with Gasteiger partial charge in [-0.3, -0.25) is 4.79 Å². The standard InChI is InChI=1S/C14H24N2O3S/c1-2-20-12-5-3-4-11(12)15-14(19)16(9-13(17)18)8-10-6-7-10/h10-12H,2-9H2,1H3,(H,15,19)(H,17,18). The number of nitrogens with zero attached hydrogens (tertiary/aromatic N) is 1. The maximum Gasteiger partial charge on any atom is 0.323 e. The second kappa shape index (κ2) is 7.20. The molecular weight excluding hydrogens is 276 g/mol. The molecule has 0 radical (unpaired) electrons. The molecule has 5 nitrogen and oxygen atoms in total. The first-order valence-electron chi connectivity index (χ1n) is 7.49. The second-order valence-electron chi connectivity index (χ2n) is 5.70. The monoisotopic (exact) mass is 300 g/mol. The van der Waals surface area contributed by atoms with E-state index >= 15 is 0 Å². The first kappa shape index (κ1) is 15.5. The summed E-state index contributed by atoms with van der Waals surface area (Å²) in [5, 5.41) is 12.5. The highest BCUT2D eigenvalue weighted by Gasteiger charge is 2.32. The van der Waals surface area contributed by atoms with Crippen molar-refractivity contribution in [2.24, 2.45) is 5.92 Å². The Bertz CT molecular complexity index is 360. The van der Waals surface area contributed by atoms with E-state index in [2.05, 4.69) is 12.2 Å². The van der Waals surface area contributed by atoms with Crippen molar-refractivity contribution >= 4 is 23.8 Å². The van der Waals surface area contributed by atoms with E-state index in [0.29, 0.717) is 17.7 Å². The van der Waals surface area contributed by atoms with Crippen molar-refractivity contribution in [1.82, 2.24) is 10.2 Å². The molecule has 20 heavy (non-hydrogen) atoms. The Morgan fingerprint density at radius 2 is 2.05 bits per heavy atom. The molecule has 2 unspecified atom stereocenters. The largest absolute Gasteiger partial charge is 0.480 e. The molecule has 2 rings (SSSR count). The third-order valence-electron chi connectivity index (χ3n) is 3.93. The van der Waals surface area contributed by atoms with E-state index in [-0.39, 0.29) is 18.6 Å². The fourth-order valence-electron chi connectivity index (χ4n) is 2.75. The van der Waals surface area contributed by atoms with E-state index in [4.69, 9.17) is 5.11 Å². The van der Waals surface area contributed by atoms with Gasteiger partial charge in [0.05, 0.1) is 0 Å². The van der Waals surface area contributed by atoms with Crippen molar-refractivity contribution in [3.05, 3.63) is 0 Å². The van der Waals surface area contributed by atoms with Gasteiger partial charge >= 0.3 is 12.0 Å². The molecule has 2 aliphatic rings. The highest BCUT2D eigenvalue weighted by Crippen LogP contribution is 2.31. The summed E-state index contributed by atoms with van der Waals surface area (Å²) in [5.41, 5.74) is 0. The van der Waals surface area contributed by atoms with Gasteiger partial charge in [0.1, 0.15) is 6.54 Å². The Morgan fingerprint density at radius 3 is 2.65 bits per heavy atom. The highest BCUT2D eigenvalue weighted by atomic mass is 32.2. The second-order valence-corrected chi connectivity index (χ2v) is 7.21. The summed E-state index contributed by atoms with van der Waals surface area (Å²) in [5.74, 6) is 0.619. The first-order valence-corrected chi connectivity index (χ1v) is 8.53. The number of carboxylic acid groups (broad SMARTS) is 1. The van der Waals surface area contributed by atoms with Gasteiger partial charge in [0.15, 0.2) is 0 Å². The molecule has 0 aromatic heterocycles. The van der Waals surface area contributed by atoms with E-state index in [0.717, 1.165) is 37.9 Å². The zero-order valence-corrected chi connectivity index (χ0v) is 12.8. The van der Waals surface area contributed by atoms with Crippen LogP contribution in [0.1, 0.15) is 39.0 Å². The first-order chi connectivity index (χ1) is 9.60. The minimum absolute atomic E-state index is 0.194. The van der Waals surface area contributed by atoms with E-state index in [9.17, 15) is 9.59 Å². The predicted octanol–water partition coefficient (Wildman–Crippen LogP) is 2.17. The van der Waals surface area contributed by atoms with Gasteiger partial charge in [-0.25, -0.2) is 4.79 Å². The molecule has 2 aliphatic carbocycles. The molecule has 2 saturated carbocycles. The van der Waals surface area contributed by atoms with Crippen LogP contribution in [-0.4, -0.2) is 52.1 Å². The van der Waals surface area contributed by atoms with Crippen molar-refractivity contribution in [2.75, 3.05) is 18.8 Å². The third-order valence-corrected chi connectivity index (χ3v) is 5.26. The summed E-state index contributed by atoms with van der Waals surface area (Å²) in [7, 11) is 0. The molecular formula is C14H24N2O3S. The molecule has 114 valence electrons. The fourth-order valence-corrected chi connectivity index (χ4v) is 3.95.